The first kappa shape index (κ1) is 30.1. The second-order valence-electron chi connectivity index (χ2n) is 8.48. The van der Waals surface area contributed by atoms with Crippen molar-refractivity contribution in [2.24, 2.45) is 0 Å². The molecule has 0 spiro atoms. The fourth-order valence-electron chi connectivity index (χ4n) is 4.55. The van der Waals surface area contributed by atoms with E-state index in [1.54, 1.807) is 5.57 Å². The van der Waals surface area contributed by atoms with E-state index in [1.165, 1.54) is 76.2 Å². The van der Waals surface area contributed by atoms with Crippen LogP contribution in [-0.4, -0.2) is 20.0 Å². The van der Waals surface area contributed by atoms with Crippen LogP contribution >= 0.6 is 0 Å². The first-order valence-corrected chi connectivity index (χ1v) is 13.6. The SMILES string of the molecule is CCC1=CC=C(C)C1[N-]C1([SiH](C)C)CCCCCCCCCCC1.[Cl-].[Cl-].[Ti+3]. The molecule has 2 aliphatic carbocycles. The maximum Gasteiger partial charge on any atom is 3.00 e. The first-order valence-electron chi connectivity index (χ1n) is 10.7. The first-order chi connectivity index (χ1) is 11.6. The van der Waals surface area contributed by atoms with Crippen LogP contribution in [0.2, 0.25) is 13.1 Å². The molecule has 0 bridgehead atoms. The van der Waals surface area contributed by atoms with Gasteiger partial charge in [0.25, 0.3) is 0 Å². The van der Waals surface area contributed by atoms with Crippen molar-refractivity contribution < 1.29 is 46.5 Å². The smallest absolute Gasteiger partial charge is 1.00 e. The summed E-state index contributed by atoms with van der Waals surface area (Å²) in [7, 11) is -0.840. The van der Waals surface area contributed by atoms with Gasteiger partial charge in [0.2, 0.25) is 0 Å². The van der Waals surface area contributed by atoms with Gasteiger partial charge in [-0.1, -0.05) is 120 Å². The Morgan fingerprint density at radius 2 is 1.33 bits per heavy atom. The Morgan fingerprint density at radius 3 is 1.74 bits per heavy atom. The quantitative estimate of drug-likeness (QED) is 0.553. The normalized spacial score (nSPS) is 23.5. The van der Waals surface area contributed by atoms with E-state index < -0.39 is 8.80 Å². The number of allylic oxidation sites excluding steroid dienone is 2. The number of hydrogen-bond donors (Lipinski definition) is 0. The van der Waals surface area contributed by atoms with Gasteiger partial charge in [-0.2, -0.15) is 0 Å². The van der Waals surface area contributed by atoms with Gasteiger partial charge in [-0.3, -0.25) is 0 Å². The minimum absolute atomic E-state index is 0. The molecule has 1 atom stereocenters. The Kier molecular flexibility index (Phi) is 17.6. The average molecular weight is 465 g/mol. The molecule has 0 aromatic rings. The average Bonchev–Trinajstić information content (AvgIpc) is 2.90. The molecule has 0 aromatic heterocycles. The second kappa shape index (κ2) is 15.7. The molecule has 0 amide bonds. The summed E-state index contributed by atoms with van der Waals surface area (Å²) in [6.45, 7) is 9.69. The van der Waals surface area contributed by atoms with E-state index in [4.69, 9.17) is 5.32 Å². The van der Waals surface area contributed by atoms with Crippen molar-refractivity contribution in [2.75, 3.05) is 0 Å². The number of hydrogen-bond acceptors (Lipinski definition) is 0. The molecule has 1 fully saturated rings. The molecule has 0 saturated heterocycles. The third-order valence-corrected chi connectivity index (χ3v) is 9.31. The van der Waals surface area contributed by atoms with Crippen LogP contribution in [-0.2, 0) is 21.7 Å². The molecule has 2 rings (SSSR count). The van der Waals surface area contributed by atoms with Gasteiger partial charge in [0, 0.05) is 8.80 Å². The largest absolute Gasteiger partial charge is 3.00 e. The second-order valence-corrected chi connectivity index (χ2v) is 11.9. The summed E-state index contributed by atoms with van der Waals surface area (Å²) >= 11 is 0. The number of halogens is 2. The zero-order chi connectivity index (χ0) is 17.4. The van der Waals surface area contributed by atoms with Crippen LogP contribution in [0.15, 0.2) is 23.3 Å². The van der Waals surface area contributed by atoms with Crippen LogP contribution in [0.4, 0.5) is 0 Å². The fraction of sp³-hybridized carbons (Fsp3) is 0.818. The summed E-state index contributed by atoms with van der Waals surface area (Å²) < 4.78 is 0. The molecule has 1 radical (unpaired) electrons. The van der Waals surface area contributed by atoms with E-state index >= 15 is 0 Å². The Morgan fingerprint density at radius 1 is 0.889 bits per heavy atom. The Bertz CT molecular complexity index is 440. The molecule has 1 saturated carbocycles. The predicted molar refractivity (Wildman–Crippen MR) is 112 cm³/mol. The van der Waals surface area contributed by atoms with E-state index in [9.17, 15) is 0 Å². The van der Waals surface area contributed by atoms with Gasteiger partial charge in [0.15, 0.2) is 0 Å². The molecule has 0 aromatic carbocycles. The van der Waals surface area contributed by atoms with E-state index in [2.05, 4.69) is 39.1 Å². The number of nitrogens with zero attached hydrogens (tertiary/aromatic N) is 1. The zero-order valence-corrected chi connectivity index (χ0v) is 22.2. The predicted octanol–water partition coefficient (Wildman–Crippen LogP) is 1.10. The summed E-state index contributed by atoms with van der Waals surface area (Å²) in [6, 6.07) is 0.401. The van der Waals surface area contributed by atoms with Crippen LogP contribution < -0.4 is 24.8 Å². The maximum atomic E-state index is 5.65. The molecule has 1 nitrogen and oxygen atoms in total. The van der Waals surface area contributed by atoms with Gasteiger partial charge in [-0.25, -0.2) is 0 Å². The van der Waals surface area contributed by atoms with Gasteiger partial charge in [0.1, 0.15) is 0 Å². The molecular weight excluding hydrogens is 425 g/mol. The minimum atomic E-state index is -0.840. The van der Waals surface area contributed by atoms with Gasteiger partial charge in [-0.05, 0) is 13.3 Å². The monoisotopic (exact) mass is 464 g/mol. The van der Waals surface area contributed by atoms with Crippen molar-refractivity contribution >= 4 is 8.80 Å². The molecule has 27 heavy (non-hydrogen) atoms. The van der Waals surface area contributed by atoms with Crippen LogP contribution in [0.3, 0.4) is 0 Å². The summed E-state index contributed by atoms with van der Waals surface area (Å²) in [6.07, 6.45) is 21.4. The van der Waals surface area contributed by atoms with Gasteiger partial charge in [-0.15, -0.1) is 5.16 Å². The van der Waals surface area contributed by atoms with E-state index in [-0.39, 0.29) is 46.5 Å². The maximum absolute atomic E-state index is 5.65. The Labute approximate surface area is 198 Å². The van der Waals surface area contributed by atoms with Crippen LogP contribution in [0.1, 0.15) is 90.9 Å². The van der Waals surface area contributed by atoms with Crippen molar-refractivity contribution in [1.29, 1.82) is 0 Å². The Hall–Kier alpha value is 0.951. The summed E-state index contributed by atoms with van der Waals surface area (Å²) in [5, 5.41) is 5.98. The molecule has 0 N–H and O–H groups in total. The standard InChI is InChI=1S/C22H40NSi.2ClH.Ti/c1-5-20-16-15-19(2)21(20)23-22(24(3)4)17-13-11-9-7-6-8-10-12-14-18-22;;;/h15-16,21,24H,5-14,17-18H2,1-4H3;2*1H;/q-1;;;+3/p-2. The van der Waals surface area contributed by atoms with Crippen molar-refractivity contribution in [1.82, 2.24) is 0 Å². The van der Waals surface area contributed by atoms with Crippen LogP contribution in [0, 0.1) is 0 Å². The van der Waals surface area contributed by atoms with E-state index in [1.807, 2.05) is 0 Å². The van der Waals surface area contributed by atoms with Crippen molar-refractivity contribution in [3.63, 3.8) is 0 Å². The third kappa shape index (κ3) is 9.10. The molecule has 155 valence electrons. The van der Waals surface area contributed by atoms with Crippen molar-refractivity contribution in [3.8, 4) is 0 Å². The van der Waals surface area contributed by atoms with Gasteiger partial charge in [0.05, 0.1) is 0 Å². The third-order valence-electron chi connectivity index (χ3n) is 6.43. The summed E-state index contributed by atoms with van der Waals surface area (Å²) in [5.41, 5.74) is 3.03. The molecule has 2 aliphatic rings. The molecule has 0 heterocycles. The van der Waals surface area contributed by atoms with Gasteiger partial charge >= 0.3 is 21.7 Å². The van der Waals surface area contributed by atoms with Crippen molar-refractivity contribution in [2.45, 2.75) is 115 Å². The van der Waals surface area contributed by atoms with E-state index in [0.717, 1.165) is 6.42 Å². The van der Waals surface area contributed by atoms with E-state index in [0.29, 0.717) is 11.2 Å². The fourth-order valence-corrected chi connectivity index (χ4v) is 6.56. The van der Waals surface area contributed by atoms with Crippen molar-refractivity contribution in [3.05, 3.63) is 28.6 Å². The molecule has 0 aliphatic heterocycles. The number of rotatable bonds is 4. The summed E-state index contributed by atoms with van der Waals surface area (Å²) in [4.78, 5) is 0. The van der Waals surface area contributed by atoms with Crippen LogP contribution in [0.5, 0.6) is 0 Å². The molecular formula is C22H40Cl2NSiTi. The zero-order valence-electron chi connectivity index (χ0n) is 18.0. The minimum Gasteiger partial charge on any atom is -1.00 e. The summed E-state index contributed by atoms with van der Waals surface area (Å²) in [5.74, 6) is 0. The Balaban J connectivity index is 0. The molecule has 1 unspecified atom stereocenters. The topological polar surface area (TPSA) is 14.1 Å². The van der Waals surface area contributed by atoms with Gasteiger partial charge < -0.3 is 30.1 Å². The van der Waals surface area contributed by atoms with Crippen LogP contribution in [0.25, 0.3) is 5.32 Å². The molecule has 5 heteroatoms.